The summed E-state index contributed by atoms with van der Waals surface area (Å²) in [6, 6.07) is 5.44. The van der Waals surface area contributed by atoms with Crippen molar-refractivity contribution in [1.29, 1.82) is 0 Å². The molecule has 0 aromatic heterocycles. The molecule has 1 aromatic carbocycles. The van der Waals surface area contributed by atoms with E-state index in [2.05, 4.69) is 10.6 Å². The summed E-state index contributed by atoms with van der Waals surface area (Å²) in [5.74, 6) is 0.678. The van der Waals surface area contributed by atoms with Gasteiger partial charge in [-0.15, -0.1) is 0 Å². The summed E-state index contributed by atoms with van der Waals surface area (Å²) in [5, 5.41) is 15.2. The Bertz CT molecular complexity index is 486. The van der Waals surface area contributed by atoms with Gasteiger partial charge < -0.3 is 20.5 Å². The summed E-state index contributed by atoms with van der Waals surface area (Å²) >= 11 is 0. The molecule has 3 N–H and O–H groups in total. The maximum atomic E-state index is 11.8. The van der Waals surface area contributed by atoms with Crippen LogP contribution in [0.5, 0.6) is 0 Å². The van der Waals surface area contributed by atoms with Crippen LogP contribution in [0.3, 0.4) is 0 Å². The van der Waals surface area contributed by atoms with Gasteiger partial charge in [0.05, 0.1) is 12.7 Å². The topological polar surface area (TPSA) is 70.6 Å². The van der Waals surface area contributed by atoms with E-state index in [1.807, 2.05) is 32.0 Å². The number of rotatable bonds is 7. The van der Waals surface area contributed by atoms with E-state index < -0.39 is 6.10 Å². The van der Waals surface area contributed by atoms with Crippen molar-refractivity contribution < 1.29 is 14.6 Å². The molecule has 1 atom stereocenters. The highest BCUT2D eigenvalue weighted by Crippen LogP contribution is 2.28. The largest absolute Gasteiger partial charge is 0.389 e. The van der Waals surface area contributed by atoms with Crippen molar-refractivity contribution in [3.63, 3.8) is 0 Å². The first-order valence-electron chi connectivity index (χ1n) is 7.43. The molecule has 5 heteroatoms. The first-order chi connectivity index (χ1) is 10.1. The third-order valence-corrected chi connectivity index (χ3v) is 3.71. The maximum Gasteiger partial charge on any atom is 0.319 e. The predicted molar refractivity (Wildman–Crippen MR) is 82.5 cm³/mol. The van der Waals surface area contributed by atoms with Crippen LogP contribution in [0.2, 0.25) is 0 Å². The van der Waals surface area contributed by atoms with E-state index in [1.165, 1.54) is 12.8 Å². The number of aliphatic hydroxyl groups excluding tert-OH is 1. The molecule has 1 unspecified atom stereocenters. The van der Waals surface area contributed by atoms with E-state index in [4.69, 9.17) is 4.74 Å². The van der Waals surface area contributed by atoms with E-state index >= 15 is 0 Å². The lowest BCUT2D eigenvalue weighted by Crippen LogP contribution is -2.37. The smallest absolute Gasteiger partial charge is 0.319 e. The van der Waals surface area contributed by atoms with E-state index in [0.717, 1.165) is 16.8 Å². The highest BCUT2D eigenvalue weighted by Gasteiger charge is 2.21. The van der Waals surface area contributed by atoms with Crippen molar-refractivity contribution in [3.05, 3.63) is 29.3 Å². The van der Waals surface area contributed by atoms with E-state index in [9.17, 15) is 9.90 Å². The molecule has 2 amide bonds. The molecule has 0 spiro atoms. The summed E-state index contributed by atoms with van der Waals surface area (Å²) in [6.45, 7) is 5.12. The van der Waals surface area contributed by atoms with Gasteiger partial charge in [0.2, 0.25) is 0 Å². The molecular weight excluding hydrogens is 268 g/mol. The quantitative estimate of drug-likeness (QED) is 0.721. The molecular formula is C16H24N2O3. The number of benzene rings is 1. The Labute approximate surface area is 125 Å². The Balaban J connectivity index is 1.67. The van der Waals surface area contributed by atoms with Crippen molar-refractivity contribution in [1.82, 2.24) is 5.32 Å². The number of carbonyl (C=O) groups is 1. The van der Waals surface area contributed by atoms with Crippen LogP contribution in [0.1, 0.15) is 24.0 Å². The number of aryl methyl sites for hydroxylation is 1. The maximum absolute atomic E-state index is 11.8. The monoisotopic (exact) mass is 292 g/mol. The number of hydrogen-bond acceptors (Lipinski definition) is 3. The summed E-state index contributed by atoms with van der Waals surface area (Å²) < 4.78 is 5.38. The van der Waals surface area contributed by atoms with Crippen LogP contribution in [-0.2, 0) is 4.74 Å². The number of ether oxygens (including phenoxy) is 1. The summed E-state index contributed by atoms with van der Waals surface area (Å²) in [5.41, 5.74) is 2.95. The minimum Gasteiger partial charge on any atom is -0.389 e. The van der Waals surface area contributed by atoms with Gasteiger partial charge in [0.25, 0.3) is 0 Å². The molecule has 1 aliphatic carbocycles. The Morgan fingerprint density at radius 1 is 1.43 bits per heavy atom. The number of aliphatic hydroxyl groups is 1. The number of hydrogen-bond donors (Lipinski definition) is 3. The van der Waals surface area contributed by atoms with Gasteiger partial charge in [0.15, 0.2) is 0 Å². The second-order valence-electron chi connectivity index (χ2n) is 5.72. The Morgan fingerprint density at radius 3 is 2.90 bits per heavy atom. The lowest BCUT2D eigenvalue weighted by Gasteiger charge is -2.14. The fourth-order valence-corrected chi connectivity index (χ4v) is 1.98. The normalized spacial score (nSPS) is 15.6. The molecule has 0 saturated heterocycles. The molecule has 0 radical (unpaired) electrons. The van der Waals surface area contributed by atoms with Crippen LogP contribution in [-0.4, -0.2) is 37.0 Å². The van der Waals surface area contributed by atoms with Crippen LogP contribution in [0, 0.1) is 19.8 Å². The predicted octanol–water partition coefficient (Wildman–Crippen LogP) is 2.21. The third kappa shape index (κ3) is 5.36. The van der Waals surface area contributed by atoms with Gasteiger partial charge in [-0.05, 0) is 49.8 Å². The van der Waals surface area contributed by atoms with Crippen LogP contribution < -0.4 is 10.6 Å². The van der Waals surface area contributed by atoms with Crippen LogP contribution in [0.25, 0.3) is 0 Å². The van der Waals surface area contributed by atoms with Crippen molar-refractivity contribution in [3.8, 4) is 0 Å². The minimum absolute atomic E-state index is 0.182. The fourth-order valence-electron chi connectivity index (χ4n) is 1.98. The second kappa shape index (κ2) is 7.43. The van der Waals surface area contributed by atoms with Gasteiger partial charge in [0, 0.05) is 18.8 Å². The standard InChI is InChI=1S/C16H24N2O3/c1-11-4-3-5-15(12(11)2)18-16(20)17-8-14(19)10-21-9-13-6-7-13/h3-5,13-14,19H,6-10H2,1-2H3,(H2,17,18,20). The molecule has 0 heterocycles. The zero-order valence-corrected chi connectivity index (χ0v) is 12.7. The molecule has 0 bridgehead atoms. The first-order valence-corrected chi connectivity index (χ1v) is 7.43. The molecule has 1 saturated carbocycles. The van der Waals surface area contributed by atoms with E-state index in [0.29, 0.717) is 12.5 Å². The average molecular weight is 292 g/mol. The van der Waals surface area contributed by atoms with Crippen LogP contribution in [0.4, 0.5) is 10.5 Å². The number of urea groups is 1. The molecule has 21 heavy (non-hydrogen) atoms. The lowest BCUT2D eigenvalue weighted by molar-refractivity contribution is 0.0339. The Morgan fingerprint density at radius 2 is 2.19 bits per heavy atom. The molecule has 1 fully saturated rings. The van der Waals surface area contributed by atoms with Gasteiger partial charge in [-0.3, -0.25) is 0 Å². The summed E-state index contributed by atoms with van der Waals surface area (Å²) in [6.07, 6.45) is 1.78. The molecule has 1 aromatic rings. The number of amides is 2. The minimum atomic E-state index is -0.673. The zero-order chi connectivity index (χ0) is 15.2. The van der Waals surface area contributed by atoms with Crippen molar-refractivity contribution in [2.24, 2.45) is 5.92 Å². The van der Waals surface area contributed by atoms with Crippen LogP contribution >= 0.6 is 0 Å². The second-order valence-corrected chi connectivity index (χ2v) is 5.72. The molecule has 1 aliphatic rings. The number of anilines is 1. The third-order valence-electron chi connectivity index (χ3n) is 3.71. The van der Waals surface area contributed by atoms with Crippen LogP contribution in [0.15, 0.2) is 18.2 Å². The number of nitrogens with one attached hydrogen (secondary N) is 2. The van der Waals surface area contributed by atoms with Gasteiger partial charge in [0.1, 0.15) is 0 Å². The van der Waals surface area contributed by atoms with Gasteiger partial charge >= 0.3 is 6.03 Å². The Hall–Kier alpha value is -1.59. The fraction of sp³-hybridized carbons (Fsp3) is 0.562. The molecule has 5 nitrogen and oxygen atoms in total. The highest BCUT2D eigenvalue weighted by atomic mass is 16.5. The molecule has 116 valence electrons. The summed E-state index contributed by atoms with van der Waals surface area (Å²) in [4.78, 5) is 11.8. The lowest BCUT2D eigenvalue weighted by atomic mass is 10.1. The highest BCUT2D eigenvalue weighted by molar-refractivity contribution is 5.90. The van der Waals surface area contributed by atoms with Gasteiger partial charge in [-0.2, -0.15) is 0 Å². The SMILES string of the molecule is Cc1cccc(NC(=O)NCC(O)COCC2CC2)c1C. The van der Waals surface area contributed by atoms with Crippen molar-refractivity contribution >= 4 is 11.7 Å². The van der Waals surface area contributed by atoms with Gasteiger partial charge in [-0.1, -0.05) is 12.1 Å². The first kappa shape index (κ1) is 15.8. The molecule has 2 rings (SSSR count). The van der Waals surface area contributed by atoms with Crippen molar-refractivity contribution in [2.75, 3.05) is 25.1 Å². The average Bonchev–Trinajstić information content (AvgIpc) is 3.26. The zero-order valence-electron chi connectivity index (χ0n) is 12.7. The van der Waals surface area contributed by atoms with Crippen molar-refractivity contribution in [2.45, 2.75) is 32.8 Å². The van der Waals surface area contributed by atoms with E-state index in [1.54, 1.807) is 0 Å². The molecule has 0 aliphatic heterocycles. The number of carbonyl (C=O) groups excluding carboxylic acids is 1. The Kier molecular flexibility index (Phi) is 5.59. The summed E-state index contributed by atoms with van der Waals surface area (Å²) in [7, 11) is 0. The van der Waals surface area contributed by atoms with E-state index in [-0.39, 0.29) is 19.2 Å². The van der Waals surface area contributed by atoms with Gasteiger partial charge in [-0.25, -0.2) is 4.79 Å².